The summed E-state index contributed by atoms with van der Waals surface area (Å²) in [4.78, 5) is 2.36. The summed E-state index contributed by atoms with van der Waals surface area (Å²) in [7, 11) is 0. The van der Waals surface area contributed by atoms with Crippen LogP contribution in [0.4, 0.5) is 17.1 Å². The zero-order chi connectivity index (χ0) is 44.3. The van der Waals surface area contributed by atoms with Crippen LogP contribution < -0.4 is 4.90 Å². The highest BCUT2D eigenvalue weighted by Crippen LogP contribution is 2.40. The topological polar surface area (TPSA) is 21.3 Å². The fourth-order valence-corrected chi connectivity index (χ4v) is 10.0. The second kappa shape index (κ2) is 16.0. The van der Waals surface area contributed by atoms with Crippen LogP contribution in [0.15, 0.2) is 259 Å². The normalized spacial score (nSPS) is 11.6. The van der Waals surface area contributed by atoms with E-state index in [9.17, 15) is 0 Å². The van der Waals surface area contributed by atoms with Gasteiger partial charge in [-0.25, -0.2) is 0 Å². The lowest BCUT2D eigenvalue weighted by atomic mass is 9.99. The number of fused-ring (bicyclic) bond motifs is 7. The fraction of sp³-hybridized carbons (Fsp3) is 0. The first-order chi connectivity index (χ1) is 33.2. The first-order valence-corrected chi connectivity index (χ1v) is 22.9. The molecule has 0 spiro atoms. The average Bonchev–Trinajstić information content (AvgIpc) is 3.95. The third-order valence-electron chi connectivity index (χ3n) is 13.4. The predicted octanol–water partition coefficient (Wildman–Crippen LogP) is 18.0. The zero-order valence-corrected chi connectivity index (χ0v) is 36.6. The molecule has 3 nitrogen and oxygen atoms in total. The minimum Gasteiger partial charge on any atom is -0.456 e. The first kappa shape index (κ1) is 38.5. The monoisotopic (exact) mass is 854 g/mol. The van der Waals surface area contributed by atoms with Gasteiger partial charge in [0.2, 0.25) is 0 Å². The molecule has 0 bridgehead atoms. The molecular weight excluding hydrogens is 813 g/mol. The molecule has 0 aliphatic carbocycles. The average molecular weight is 855 g/mol. The number of hydrogen-bond donors (Lipinski definition) is 0. The molecule has 2 aromatic heterocycles. The maximum absolute atomic E-state index is 6.24. The summed E-state index contributed by atoms with van der Waals surface area (Å²) in [6, 6.07) is 91.9. The van der Waals surface area contributed by atoms with Gasteiger partial charge in [-0.15, -0.1) is 0 Å². The lowest BCUT2D eigenvalue weighted by Gasteiger charge is -2.26. The van der Waals surface area contributed by atoms with Gasteiger partial charge in [-0.2, -0.15) is 0 Å². The Balaban J connectivity index is 0.817. The second-order valence-electron chi connectivity index (χ2n) is 17.3. The van der Waals surface area contributed by atoms with Crippen LogP contribution in [0.1, 0.15) is 0 Å². The Morgan fingerprint density at radius 3 is 1.40 bits per heavy atom. The van der Waals surface area contributed by atoms with E-state index in [4.69, 9.17) is 4.42 Å². The van der Waals surface area contributed by atoms with Gasteiger partial charge in [0.25, 0.3) is 0 Å². The van der Waals surface area contributed by atoms with Gasteiger partial charge in [-0.1, -0.05) is 170 Å². The molecule has 11 aromatic carbocycles. The predicted molar refractivity (Wildman–Crippen MR) is 282 cm³/mol. The van der Waals surface area contributed by atoms with Gasteiger partial charge in [0.05, 0.1) is 11.0 Å². The summed E-state index contributed by atoms with van der Waals surface area (Å²) in [6.45, 7) is 0. The Bertz CT molecular complexity index is 3900. The molecule has 0 radical (unpaired) electrons. The number of nitrogens with zero attached hydrogens (tertiary/aromatic N) is 2. The summed E-state index contributed by atoms with van der Waals surface area (Å²) >= 11 is 0. The summed E-state index contributed by atoms with van der Waals surface area (Å²) in [5.41, 5.74) is 18.1. The highest BCUT2D eigenvalue weighted by Gasteiger charge is 2.16. The molecule has 67 heavy (non-hydrogen) atoms. The van der Waals surface area contributed by atoms with Crippen molar-refractivity contribution in [3.63, 3.8) is 0 Å². The van der Waals surface area contributed by atoms with E-state index in [0.717, 1.165) is 55.8 Å². The van der Waals surface area contributed by atoms with Gasteiger partial charge in [0.1, 0.15) is 11.2 Å². The second-order valence-corrected chi connectivity index (χ2v) is 17.3. The van der Waals surface area contributed by atoms with Crippen LogP contribution in [0.25, 0.3) is 105 Å². The van der Waals surface area contributed by atoms with Gasteiger partial charge in [0.15, 0.2) is 0 Å². The molecule has 2 heterocycles. The Labute approximate surface area is 388 Å². The van der Waals surface area contributed by atoms with Crippen LogP contribution in [0.2, 0.25) is 0 Å². The minimum absolute atomic E-state index is 0.906. The van der Waals surface area contributed by atoms with E-state index >= 15 is 0 Å². The first-order valence-electron chi connectivity index (χ1n) is 22.9. The molecule has 0 unspecified atom stereocenters. The van der Waals surface area contributed by atoms with Crippen molar-refractivity contribution in [2.24, 2.45) is 0 Å². The number of hydrogen-bond acceptors (Lipinski definition) is 2. The van der Waals surface area contributed by atoms with Crippen molar-refractivity contribution in [3.8, 4) is 50.2 Å². The maximum atomic E-state index is 6.24. The summed E-state index contributed by atoms with van der Waals surface area (Å²) in [5, 5.41) is 7.18. The third-order valence-corrected chi connectivity index (χ3v) is 13.4. The van der Waals surface area contributed by atoms with E-state index < -0.39 is 0 Å². The van der Waals surface area contributed by atoms with Crippen molar-refractivity contribution >= 4 is 71.6 Å². The molecule has 0 aliphatic heterocycles. The van der Waals surface area contributed by atoms with E-state index in [0.29, 0.717) is 0 Å². The van der Waals surface area contributed by atoms with Crippen LogP contribution >= 0.6 is 0 Å². The van der Waals surface area contributed by atoms with Crippen molar-refractivity contribution in [2.75, 3.05) is 4.90 Å². The SMILES string of the molecule is c1ccc(-c2ccc(N(c3ccc(-c4ccc(-c5cccc(-n6c7ccccc7c7ccccc76)c5)cc4)cc3)c3ccc4cc(-c5ccc6c(c5)oc5ccccc56)ccc4c3)cc2)cc1. The molecule has 13 rings (SSSR count). The number of para-hydroxylation sites is 3. The number of furan rings is 1. The minimum atomic E-state index is 0.906. The molecule has 0 atom stereocenters. The Hall–Kier alpha value is -8.92. The van der Waals surface area contributed by atoms with E-state index in [1.807, 2.05) is 12.1 Å². The molecular formula is C64H42N2O. The molecule has 0 saturated carbocycles. The maximum Gasteiger partial charge on any atom is 0.136 e. The highest BCUT2D eigenvalue weighted by atomic mass is 16.3. The molecule has 0 saturated heterocycles. The summed E-state index contributed by atoms with van der Waals surface area (Å²) in [5.74, 6) is 0. The Kier molecular flexibility index (Phi) is 9.17. The molecule has 13 aromatic rings. The lowest BCUT2D eigenvalue weighted by molar-refractivity contribution is 0.669. The standard InChI is InChI=1S/C64H42N2O/c1-2-11-43(12-3-1)45-27-33-53(34-28-45)65(56-37-31-50-39-49(25-26-51(50)41-56)52-32-38-60-59-17-6-9-20-63(59)67-64(60)42-52)54-35-29-46(30-36-54)44-21-23-47(24-22-44)48-13-10-14-55(40-48)66-61-18-7-4-15-57(61)58-16-5-8-19-62(58)66/h1-42H. The van der Waals surface area contributed by atoms with Crippen LogP contribution in [0.5, 0.6) is 0 Å². The smallest absolute Gasteiger partial charge is 0.136 e. The van der Waals surface area contributed by atoms with Crippen LogP contribution in [0, 0.1) is 0 Å². The van der Waals surface area contributed by atoms with Gasteiger partial charge < -0.3 is 13.9 Å². The number of anilines is 3. The van der Waals surface area contributed by atoms with Crippen molar-refractivity contribution in [1.82, 2.24) is 4.57 Å². The van der Waals surface area contributed by atoms with E-state index in [1.165, 1.54) is 66.0 Å². The van der Waals surface area contributed by atoms with E-state index in [2.05, 4.69) is 252 Å². The number of rotatable bonds is 8. The largest absolute Gasteiger partial charge is 0.456 e. The summed E-state index contributed by atoms with van der Waals surface area (Å²) < 4.78 is 8.62. The Morgan fingerprint density at radius 2 is 0.716 bits per heavy atom. The van der Waals surface area contributed by atoms with Crippen LogP contribution in [0.3, 0.4) is 0 Å². The number of aromatic nitrogens is 1. The molecule has 0 fully saturated rings. The summed E-state index contributed by atoms with van der Waals surface area (Å²) in [6.07, 6.45) is 0. The molecule has 0 N–H and O–H groups in total. The van der Waals surface area contributed by atoms with Gasteiger partial charge >= 0.3 is 0 Å². The molecule has 314 valence electrons. The van der Waals surface area contributed by atoms with Crippen molar-refractivity contribution in [3.05, 3.63) is 255 Å². The number of benzene rings is 11. The van der Waals surface area contributed by atoms with Crippen molar-refractivity contribution in [2.45, 2.75) is 0 Å². The highest BCUT2D eigenvalue weighted by molar-refractivity contribution is 6.09. The van der Waals surface area contributed by atoms with Gasteiger partial charge in [-0.3, -0.25) is 0 Å². The van der Waals surface area contributed by atoms with E-state index in [1.54, 1.807) is 0 Å². The van der Waals surface area contributed by atoms with Gasteiger partial charge in [-0.05, 0) is 140 Å². The molecule has 0 amide bonds. The van der Waals surface area contributed by atoms with E-state index in [-0.39, 0.29) is 0 Å². The molecule has 3 heteroatoms. The lowest BCUT2D eigenvalue weighted by Crippen LogP contribution is -2.09. The van der Waals surface area contributed by atoms with Crippen molar-refractivity contribution < 1.29 is 4.42 Å². The quantitative estimate of drug-likeness (QED) is 0.152. The third kappa shape index (κ3) is 6.84. The molecule has 0 aliphatic rings. The van der Waals surface area contributed by atoms with Crippen LogP contribution in [-0.4, -0.2) is 4.57 Å². The van der Waals surface area contributed by atoms with Crippen molar-refractivity contribution in [1.29, 1.82) is 0 Å². The van der Waals surface area contributed by atoms with Crippen LogP contribution in [-0.2, 0) is 0 Å². The Morgan fingerprint density at radius 1 is 0.269 bits per heavy atom. The zero-order valence-electron chi connectivity index (χ0n) is 36.6. The fourth-order valence-electron chi connectivity index (χ4n) is 10.0. The van der Waals surface area contributed by atoms with Gasteiger partial charge in [0, 0.05) is 44.3 Å².